The minimum atomic E-state index is -4.38. The number of nitrogen functional groups attached to an aromatic ring is 1. The Morgan fingerprint density at radius 3 is 2.21 bits per heavy atom. The number of halogens is 3. The lowest BCUT2D eigenvalue weighted by molar-refractivity contribution is -0.137. The second-order valence-electron chi connectivity index (χ2n) is 3.17. The monoisotopic (exact) mass is 204 g/mol. The lowest BCUT2D eigenvalue weighted by atomic mass is 10.0. The fourth-order valence-corrected chi connectivity index (χ4v) is 1.10. The van der Waals surface area contributed by atoms with E-state index in [4.69, 9.17) is 11.5 Å². The Bertz CT molecular complexity index is 331. The van der Waals surface area contributed by atoms with Crippen molar-refractivity contribution in [3.8, 4) is 0 Å². The molecule has 0 fully saturated rings. The first kappa shape index (κ1) is 10.8. The molecule has 0 saturated heterocycles. The van der Waals surface area contributed by atoms with E-state index >= 15 is 0 Å². The van der Waals surface area contributed by atoms with Crippen molar-refractivity contribution in [3.63, 3.8) is 0 Å². The van der Waals surface area contributed by atoms with E-state index in [0.717, 1.165) is 12.1 Å². The van der Waals surface area contributed by atoms with Crippen LogP contribution in [0, 0.1) is 0 Å². The van der Waals surface area contributed by atoms with E-state index in [-0.39, 0.29) is 5.69 Å². The molecule has 1 aromatic carbocycles. The summed E-state index contributed by atoms with van der Waals surface area (Å²) in [4.78, 5) is 0. The molecule has 5 heteroatoms. The van der Waals surface area contributed by atoms with E-state index in [1.807, 2.05) is 0 Å². The molecule has 0 aliphatic rings. The number of rotatable bonds is 1. The van der Waals surface area contributed by atoms with Gasteiger partial charge in [-0.15, -0.1) is 0 Å². The normalized spacial score (nSPS) is 14.1. The zero-order valence-corrected chi connectivity index (χ0v) is 7.60. The molecule has 0 aliphatic carbocycles. The number of anilines is 1. The average Bonchev–Trinajstić information content (AvgIpc) is 2.01. The fraction of sp³-hybridized carbons (Fsp3) is 0.333. The number of nitrogens with two attached hydrogens (primary N) is 2. The molecule has 0 unspecified atom stereocenters. The highest BCUT2D eigenvalue weighted by Gasteiger charge is 2.31. The fourth-order valence-electron chi connectivity index (χ4n) is 1.10. The third kappa shape index (κ3) is 2.38. The van der Waals surface area contributed by atoms with Gasteiger partial charge in [0, 0.05) is 11.7 Å². The molecule has 0 saturated carbocycles. The van der Waals surface area contributed by atoms with Crippen molar-refractivity contribution in [1.82, 2.24) is 0 Å². The Balaban J connectivity index is 3.21. The summed E-state index contributed by atoms with van der Waals surface area (Å²) in [7, 11) is 0. The average molecular weight is 204 g/mol. The Morgan fingerprint density at radius 2 is 1.79 bits per heavy atom. The SMILES string of the molecule is C[C@H](N)c1cc(N)cc(C(F)(F)F)c1. The van der Waals surface area contributed by atoms with Gasteiger partial charge < -0.3 is 11.5 Å². The molecule has 0 spiro atoms. The molecule has 1 aromatic rings. The summed E-state index contributed by atoms with van der Waals surface area (Å²) < 4.78 is 36.9. The summed E-state index contributed by atoms with van der Waals surface area (Å²) in [6.45, 7) is 1.61. The summed E-state index contributed by atoms with van der Waals surface area (Å²) in [5.41, 5.74) is 10.5. The van der Waals surface area contributed by atoms with Crippen LogP contribution in [0.2, 0.25) is 0 Å². The summed E-state index contributed by atoms with van der Waals surface area (Å²) in [6, 6.07) is 2.90. The first-order valence-corrected chi connectivity index (χ1v) is 4.04. The summed E-state index contributed by atoms with van der Waals surface area (Å²) >= 11 is 0. The number of hydrogen-bond acceptors (Lipinski definition) is 2. The third-order valence-corrected chi connectivity index (χ3v) is 1.83. The smallest absolute Gasteiger partial charge is 0.399 e. The van der Waals surface area contributed by atoms with Gasteiger partial charge in [-0.25, -0.2) is 0 Å². The molecule has 2 nitrogen and oxygen atoms in total. The van der Waals surface area contributed by atoms with Crippen LogP contribution in [-0.4, -0.2) is 0 Å². The minimum absolute atomic E-state index is 0.0760. The van der Waals surface area contributed by atoms with Crippen molar-refractivity contribution >= 4 is 5.69 Å². The summed E-state index contributed by atoms with van der Waals surface area (Å²) in [5, 5.41) is 0. The maximum Gasteiger partial charge on any atom is 0.416 e. The van der Waals surface area contributed by atoms with Crippen LogP contribution in [0.4, 0.5) is 18.9 Å². The van der Waals surface area contributed by atoms with Gasteiger partial charge in [0.25, 0.3) is 0 Å². The Kier molecular flexibility index (Phi) is 2.71. The molecular formula is C9H11F3N2. The quantitative estimate of drug-likeness (QED) is 0.689. The van der Waals surface area contributed by atoms with E-state index in [1.165, 1.54) is 6.07 Å². The molecule has 0 aliphatic heterocycles. The molecule has 0 amide bonds. The van der Waals surface area contributed by atoms with Crippen LogP contribution in [0.1, 0.15) is 24.1 Å². The highest BCUT2D eigenvalue weighted by atomic mass is 19.4. The zero-order chi connectivity index (χ0) is 10.9. The number of hydrogen-bond donors (Lipinski definition) is 2. The largest absolute Gasteiger partial charge is 0.416 e. The standard InChI is InChI=1S/C9H11F3N2/c1-5(13)6-2-7(9(10,11)12)4-8(14)3-6/h2-5H,13-14H2,1H3/t5-/m0/s1. The predicted molar refractivity (Wildman–Crippen MR) is 48.5 cm³/mol. The molecular weight excluding hydrogens is 193 g/mol. The van der Waals surface area contributed by atoms with Crippen molar-refractivity contribution in [1.29, 1.82) is 0 Å². The Morgan fingerprint density at radius 1 is 1.21 bits per heavy atom. The topological polar surface area (TPSA) is 52.0 Å². The highest BCUT2D eigenvalue weighted by molar-refractivity contribution is 5.46. The van der Waals surface area contributed by atoms with Gasteiger partial charge in [-0.3, -0.25) is 0 Å². The first-order chi connectivity index (χ1) is 6.30. The molecule has 0 aromatic heterocycles. The van der Waals surface area contributed by atoms with Gasteiger partial charge in [-0.2, -0.15) is 13.2 Å². The van der Waals surface area contributed by atoms with Crippen molar-refractivity contribution in [3.05, 3.63) is 29.3 Å². The maximum atomic E-state index is 12.3. The van der Waals surface area contributed by atoms with E-state index in [1.54, 1.807) is 6.92 Å². The first-order valence-electron chi connectivity index (χ1n) is 4.04. The van der Waals surface area contributed by atoms with Crippen LogP contribution in [0.25, 0.3) is 0 Å². The lowest BCUT2D eigenvalue weighted by Crippen LogP contribution is -2.10. The van der Waals surface area contributed by atoms with Crippen molar-refractivity contribution in [2.24, 2.45) is 5.73 Å². The molecule has 0 radical (unpaired) electrons. The Hall–Kier alpha value is -1.23. The Labute approximate surface area is 79.7 Å². The van der Waals surface area contributed by atoms with Gasteiger partial charge in [0.05, 0.1) is 5.56 Å². The van der Waals surface area contributed by atoms with Crippen LogP contribution in [-0.2, 0) is 6.18 Å². The van der Waals surface area contributed by atoms with E-state index in [0.29, 0.717) is 5.56 Å². The van der Waals surface area contributed by atoms with Gasteiger partial charge in [-0.05, 0) is 30.7 Å². The van der Waals surface area contributed by atoms with Gasteiger partial charge >= 0.3 is 6.18 Å². The number of benzene rings is 1. The van der Waals surface area contributed by atoms with Gasteiger partial charge in [0.15, 0.2) is 0 Å². The van der Waals surface area contributed by atoms with Crippen LogP contribution in [0.5, 0.6) is 0 Å². The van der Waals surface area contributed by atoms with Crippen LogP contribution in [0.3, 0.4) is 0 Å². The predicted octanol–water partition coefficient (Wildman–Crippen LogP) is 2.31. The molecule has 4 N–H and O–H groups in total. The van der Waals surface area contributed by atoms with Crippen LogP contribution >= 0.6 is 0 Å². The second-order valence-corrected chi connectivity index (χ2v) is 3.17. The zero-order valence-electron chi connectivity index (χ0n) is 7.60. The van der Waals surface area contributed by atoms with Crippen molar-refractivity contribution < 1.29 is 13.2 Å². The van der Waals surface area contributed by atoms with E-state index in [9.17, 15) is 13.2 Å². The van der Waals surface area contributed by atoms with Crippen molar-refractivity contribution in [2.45, 2.75) is 19.1 Å². The molecule has 78 valence electrons. The molecule has 0 heterocycles. The van der Waals surface area contributed by atoms with Gasteiger partial charge in [-0.1, -0.05) is 0 Å². The van der Waals surface area contributed by atoms with E-state index < -0.39 is 17.8 Å². The molecule has 14 heavy (non-hydrogen) atoms. The van der Waals surface area contributed by atoms with Gasteiger partial charge in [0.1, 0.15) is 0 Å². The van der Waals surface area contributed by atoms with Crippen LogP contribution < -0.4 is 11.5 Å². The molecule has 1 rings (SSSR count). The third-order valence-electron chi connectivity index (χ3n) is 1.83. The summed E-state index contributed by atoms with van der Waals surface area (Å²) in [5.74, 6) is 0. The minimum Gasteiger partial charge on any atom is -0.399 e. The number of alkyl halides is 3. The maximum absolute atomic E-state index is 12.3. The molecule has 1 atom stereocenters. The second kappa shape index (κ2) is 3.49. The molecule has 0 bridgehead atoms. The highest BCUT2D eigenvalue weighted by Crippen LogP contribution is 2.32. The van der Waals surface area contributed by atoms with Crippen LogP contribution in [0.15, 0.2) is 18.2 Å². The lowest BCUT2D eigenvalue weighted by Gasteiger charge is -2.12. The van der Waals surface area contributed by atoms with Gasteiger partial charge in [0.2, 0.25) is 0 Å². The summed E-state index contributed by atoms with van der Waals surface area (Å²) in [6.07, 6.45) is -4.38. The van der Waals surface area contributed by atoms with Crippen molar-refractivity contribution in [2.75, 3.05) is 5.73 Å². The van der Waals surface area contributed by atoms with E-state index in [2.05, 4.69) is 0 Å².